The number of rotatable bonds is 4. The maximum absolute atomic E-state index is 14.6. The highest BCUT2D eigenvalue weighted by Gasteiger charge is 2.34. The van der Waals surface area contributed by atoms with E-state index in [-0.39, 0.29) is 22.6 Å². The molecule has 2 aliphatic heterocycles. The molecule has 9 nitrogen and oxygen atoms in total. The number of halogens is 2. The Morgan fingerprint density at radius 1 is 1.35 bits per heavy atom. The predicted octanol–water partition coefficient (Wildman–Crippen LogP) is 3.59. The second-order valence-corrected chi connectivity index (χ2v) is 8.81. The zero-order chi connectivity index (χ0) is 24.0. The molecule has 1 fully saturated rings. The Morgan fingerprint density at radius 3 is 2.97 bits per heavy atom. The predicted molar refractivity (Wildman–Crippen MR) is 125 cm³/mol. The van der Waals surface area contributed by atoms with E-state index in [0.717, 1.165) is 32.0 Å². The molecule has 1 unspecified atom stereocenters. The van der Waals surface area contributed by atoms with Crippen LogP contribution in [-0.4, -0.2) is 46.6 Å². The molecule has 3 aromatic rings. The number of esters is 1. The zero-order valence-corrected chi connectivity index (χ0v) is 19.4. The number of hydrogen-bond donors (Lipinski definition) is 1. The molecule has 0 aromatic carbocycles. The van der Waals surface area contributed by atoms with Gasteiger partial charge in [-0.15, -0.1) is 0 Å². The third kappa shape index (κ3) is 3.81. The molecule has 1 N–H and O–H groups in total. The largest absolute Gasteiger partial charge is 0.483 e. The first-order chi connectivity index (χ1) is 16.4. The highest BCUT2D eigenvalue weighted by atomic mass is 35.5. The lowest BCUT2D eigenvalue weighted by Gasteiger charge is -2.40. The van der Waals surface area contributed by atoms with Crippen LogP contribution in [0.1, 0.15) is 48.3 Å². The Morgan fingerprint density at radius 2 is 2.18 bits per heavy atom. The molecular formula is C23H23ClFN5O4. The van der Waals surface area contributed by atoms with Crippen LogP contribution in [0.15, 0.2) is 29.2 Å². The van der Waals surface area contributed by atoms with E-state index in [1.165, 1.54) is 23.6 Å². The van der Waals surface area contributed by atoms with E-state index < -0.39 is 23.4 Å². The van der Waals surface area contributed by atoms with E-state index in [1.54, 1.807) is 13.0 Å². The molecule has 0 bridgehead atoms. The van der Waals surface area contributed by atoms with Gasteiger partial charge in [0.25, 0.3) is 0 Å². The monoisotopic (exact) mass is 487 g/mol. The summed E-state index contributed by atoms with van der Waals surface area (Å²) in [5, 5.41) is 3.29. The normalized spacial score (nSPS) is 18.0. The van der Waals surface area contributed by atoms with Crippen molar-refractivity contribution in [2.75, 3.05) is 30.5 Å². The van der Waals surface area contributed by atoms with Gasteiger partial charge in [0.1, 0.15) is 23.2 Å². The van der Waals surface area contributed by atoms with Gasteiger partial charge in [-0.3, -0.25) is 9.20 Å². The minimum Gasteiger partial charge on any atom is -0.483 e. The summed E-state index contributed by atoms with van der Waals surface area (Å²) in [4.78, 5) is 36.4. The summed E-state index contributed by atoms with van der Waals surface area (Å²) in [6.07, 6.45) is 4.18. The molecule has 0 spiro atoms. The summed E-state index contributed by atoms with van der Waals surface area (Å²) in [5.41, 5.74) is 0.632. The average molecular weight is 488 g/mol. The van der Waals surface area contributed by atoms with Crippen LogP contribution in [0.5, 0.6) is 5.75 Å². The molecule has 0 saturated carbocycles. The quantitative estimate of drug-likeness (QED) is 0.440. The van der Waals surface area contributed by atoms with Crippen molar-refractivity contribution in [2.24, 2.45) is 0 Å². The van der Waals surface area contributed by atoms with Crippen molar-refractivity contribution in [3.8, 4) is 5.75 Å². The molecule has 5 heterocycles. The second-order valence-electron chi connectivity index (χ2n) is 8.42. The molecular weight excluding hydrogens is 465 g/mol. The number of aromatic nitrogens is 3. The van der Waals surface area contributed by atoms with E-state index in [0.29, 0.717) is 29.3 Å². The van der Waals surface area contributed by atoms with Crippen LogP contribution >= 0.6 is 11.6 Å². The highest BCUT2D eigenvalue weighted by molar-refractivity contribution is 6.29. The third-order valence-corrected chi connectivity index (χ3v) is 6.47. The van der Waals surface area contributed by atoms with Crippen molar-refractivity contribution in [1.82, 2.24) is 14.4 Å². The number of anilines is 2. The lowest BCUT2D eigenvalue weighted by Crippen LogP contribution is -2.48. The van der Waals surface area contributed by atoms with Gasteiger partial charge in [-0.25, -0.2) is 19.2 Å². The van der Waals surface area contributed by atoms with Crippen LogP contribution in [0.2, 0.25) is 5.15 Å². The summed E-state index contributed by atoms with van der Waals surface area (Å²) in [6, 6.07) is 4.05. The van der Waals surface area contributed by atoms with Crippen LogP contribution in [-0.2, 0) is 4.74 Å². The topological polar surface area (TPSA) is 98.1 Å². The van der Waals surface area contributed by atoms with E-state index in [9.17, 15) is 14.0 Å². The van der Waals surface area contributed by atoms with Crippen molar-refractivity contribution in [3.05, 3.63) is 57.0 Å². The maximum atomic E-state index is 14.6. The number of pyridine rings is 2. The summed E-state index contributed by atoms with van der Waals surface area (Å²) in [6.45, 7) is 2.97. The van der Waals surface area contributed by atoms with Gasteiger partial charge in [0, 0.05) is 18.3 Å². The number of nitrogens with one attached hydrogen (secondary N) is 1. The minimum atomic E-state index is -0.669. The van der Waals surface area contributed by atoms with E-state index in [4.69, 9.17) is 26.1 Å². The van der Waals surface area contributed by atoms with Crippen molar-refractivity contribution in [1.29, 1.82) is 0 Å². The number of piperidine rings is 1. The Balaban J connectivity index is 1.61. The molecule has 178 valence electrons. The van der Waals surface area contributed by atoms with Gasteiger partial charge < -0.3 is 19.7 Å². The van der Waals surface area contributed by atoms with Gasteiger partial charge in [-0.05, 0) is 44.4 Å². The maximum Gasteiger partial charge on any atom is 0.358 e. The first-order valence-corrected chi connectivity index (χ1v) is 11.4. The van der Waals surface area contributed by atoms with Crippen LogP contribution in [0.3, 0.4) is 0 Å². The number of fused-ring (bicyclic) bond motifs is 4. The molecule has 11 heteroatoms. The van der Waals surface area contributed by atoms with Crippen molar-refractivity contribution in [2.45, 2.75) is 38.3 Å². The second kappa shape index (κ2) is 8.75. The van der Waals surface area contributed by atoms with Crippen molar-refractivity contribution < 1.29 is 18.7 Å². The third-order valence-electron chi connectivity index (χ3n) is 6.26. The highest BCUT2D eigenvalue weighted by Crippen LogP contribution is 2.35. The Hall–Kier alpha value is -3.40. The first-order valence-electron chi connectivity index (χ1n) is 11.0. The SMILES string of the molecule is COC(=O)c1nc(Cl)ccc1N[C@H](C)c1cc(F)cn2c(=O)c3c(nc12)N1CCCCC1CO3. The van der Waals surface area contributed by atoms with E-state index in [1.807, 2.05) is 0 Å². The first kappa shape index (κ1) is 22.4. The molecule has 5 rings (SSSR count). The molecule has 3 aromatic heterocycles. The van der Waals surface area contributed by atoms with Gasteiger partial charge in [0.15, 0.2) is 11.5 Å². The van der Waals surface area contributed by atoms with Gasteiger partial charge in [-0.2, -0.15) is 0 Å². The number of methoxy groups -OCH3 is 1. The molecule has 0 amide bonds. The van der Waals surface area contributed by atoms with Crippen LogP contribution in [0, 0.1) is 5.82 Å². The Labute approximate surface area is 199 Å². The Kier molecular flexibility index (Phi) is 5.76. The molecule has 34 heavy (non-hydrogen) atoms. The number of carbonyl (C=O) groups is 1. The van der Waals surface area contributed by atoms with Crippen LogP contribution in [0.4, 0.5) is 15.9 Å². The molecule has 0 radical (unpaired) electrons. The standard InChI is InChI=1S/C23H23ClFN5O4/c1-12(26-16-6-7-17(24)27-18(16)23(32)33-2)15-9-13(25)10-30-20(15)28-21-19(22(30)31)34-11-14-5-3-4-8-29(14)21/h6-7,9-10,12,14,26H,3-5,8,11H2,1-2H3/t12-,14?/m1/s1. The average Bonchev–Trinajstić information content (AvgIpc) is 2.84. The van der Waals surface area contributed by atoms with Gasteiger partial charge in [-0.1, -0.05) is 11.6 Å². The summed E-state index contributed by atoms with van der Waals surface area (Å²) in [7, 11) is 1.24. The van der Waals surface area contributed by atoms with Crippen LogP contribution in [0.25, 0.3) is 5.65 Å². The summed E-state index contributed by atoms with van der Waals surface area (Å²) < 4.78 is 26.4. The fourth-order valence-electron chi connectivity index (χ4n) is 4.59. The van der Waals surface area contributed by atoms with Gasteiger partial charge in [0.2, 0.25) is 5.75 Å². The van der Waals surface area contributed by atoms with E-state index in [2.05, 4.69) is 15.2 Å². The Bertz CT molecular complexity index is 1350. The number of nitrogens with zero attached hydrogens (tertiary/aromatic N) is 4. The minimum absolute atomic E-state index is 0.00498. The molecule has 1 saturated heterocycles. The summed E-state index contributed by atoms with van der Waals surface area (Å²) >= 11 is 5.95. The number of carbonyl (C=O) groups excluding carboxylic acids is 1. The number of hydrogen-bond acceptors (Lipinski definition) is 8. The van der Waals surface area contributed by atoms with Gasteiger partial charge >= 0.3 is 11.5 Å². The fourth-order valence-corrected chi connectivity index (χ4v) is 4.74. The van der Waals surface area contributed by atoms with Gasteiger partial charge in [0.05, 0.1) is 24.9 Å². The molecule has 0 aliphatic carbocycles. The molecule has 2 aliphatic rings. The summed E-state index contributed by atoms with van der Waals surface area (Å²) in [5.74, 6) is -0.640. The lowest BCUT2D eigenvalue weighted by atomic mass is 10.0. The lowest BCUT2D eigenvalue weighted by molar-refractivity contribution is 0.0595. The van der Waals surface area contributed by atoms with Crippen molar-refractivity contribution >= 4 is 34.7 Å². The smallest absolute Gasteiger partial charge is 0.358 e. The van der Waals surface area contributed by atoms with Crippen LogP contribution < -0.4 is 20.5 Å². The number of ether oxygens (including phenoxy) is 2. The zero-order valence-electron chi connectivity index (χ0n) is 18.7. The fraction of sp³-hybridized carbons (Fsp3) is 0.391. The van der Waals surface area contributed by atoms with Crippen molar-refractivity contribution in [3.63, 3.8) is 0 Å². The molecule has 2 atom stereocenters. The van der Waals surface area contributed by atoms with E-state index >= 15 is 0 Å².